The number of hydrazine groups is 1. The summed E-state index contributed by atoms with van der Waals surface area (Å²) < 4.78 is 12.6. The molecule has 8 rings (SSSR count). The van der Waals surface area contributed by atoms with Crippen LogP contribution in [0, 0.1) is 0 Å². The molecule has 7 nitrogen and oxygen atoms in total. The fourth-order valence-electron chi connectivity index (χ4n) is 6.53. The second-order valence-corrected chi connectivity index (χ2v) is 12.3. The molecule has 0 unspecified atom stereocenters. The SMILES string of the molecule is CC1=CC(=C2C(=O)N(c3ccccc3)N(c3ccccc3)C2=O)C=C(C=C2C=C(C)c3ccc(N(c4ccccc4)c4ccccc4)cc3O2)O1. The number of para-hydroxylation sites is 4. The molecule has 5 aromatic rings. The normalized spacial score (nSPS) is 16.3. The molecule has 1 saturated heterocycles. The summed E-state index contributed by atoms with van der Waals surface area (Å²) in [5, 5.41) is 2.84. The number of carbonyl (C=O) groups is 2. The first-order valence-electron chi connectivity index (χ1n) is 16.7. The van der Waals surface area contributed by atoms with Crippen LogP contribution in [-0.4, -0.2) is 11.8 Å². The summed E-state index contributed by atoms with van der Waals surface area (Å²) in [5.74, 6) is 1.40. The number of anilines is 5. The van der Waals surface area contributed by atoms with Gasteiger partial charge in [-0.25, -0.2) is 10.0 Å². The molecule has 0 bridgehead atoms. The number of hydrogen-bond donors (Lipinski definition) is 0. The predicted molar refractivity (Wildman–Crippen MR) is 201 cm³/mol. The van der Waals surface area contributed by atoms with Gasteiger partial charge in [0.25, 0.3) is 11.8 Å². The van der Waals surface area contributed by atoms with Crippen LogP contribution in [0.15, 0.2) is 192 Å². The highest BCUT2D eigenvalue weighted by Crippen LogP contribution is 2.41. The standard InChI is InChI=1S/C44H33N3O4/c1-30-25-38(51-41-28-37(23-24-40(30)41)45(33-15-7-3-8-16-33)34-17-9-4-10-18-34)29-39-27-32(26-31(2)50-39)42-43(48)46(35-19-11-5-12-20-35)47(44(42)49)36-21-13-6-14-22-36/h3-29H,1-2H3. The number of fused-ring (bicyclic) bond motifs is 1. The van der Waals surface area contributed by atoms with E-state index in [2.05, 4.69) is 41.3 Å². The van der Waals surface area contributed by atoms with Crippen molar-refractivity contribution in [1.82, 2.24) is 0 Å². The van der Waals surface area contributed by atoms with E-state index < -0.39 is 11.8 Å². The van der Waals surface area contributed by atoms with E-state index in [-0.39, 0.29) is 5.57 Å². The number of ether oxygens (including phenoxy) is 2. The molecule has 0 radical (unpaired) electrons. The highest BCUT2D eigenvalue weighted by Gasteiger charge is 2.44. The summed E-state index contributed by atoms with van der Waals surface area (Å²) in [6, 6.07) is 45.0. The first kappa shape index (κ1) is 31.4. The van der Waals surface area contributed by atoms with Crippen LogP contribution >= 0.6 is 0 Å². The lowest BCUT2D eigenvalue weighted by atomic mass is 10.0. The van der Waals surface area contributed by atoms with Gasteiger partial charge in [-0.15, -0.1) is 0 Å². The van der Waals surface area contributed by atoms with Crippen molar-refractivity contribution < 1.29 is 19.1 Å². The zero-order chi connectivity index (χ0) is 34.9. The molecule has 0 atom stereocenters. The molecule has 7 heteroatoms. The van der Waals surface area contributed by atoms with Gasteiger partial charge in [-0.3, -0.25) is 9.59 Å². The molecule has 1 fully saturated rings. The Morgan fingerprint density at radius 1 is 0.569 bits per heavy atom. The molecule has 3 heterocycles. The fraction of sp³-hybridized carbons (Fsp3) is 0.0455. The minimum Gasteiger partial charge on any atom is -0.462 e. The summed E-state index contributed by atoms with van der Waals surface area (Å²) in [6.07, 6.45) is 7.18. The van der Waals surface area contributed by atoms with Crippen molar-refractivity contribution in [3.63, 3.8) is 0 Å². The van der Waals surface area contributed by atoms with E-state index in [9.17, 15) is 9.59 Å². The van der Waals surface area contributed by atoms with Crippen LogP contribution < -0.4 is 19.7 Å². The lowest BCUT2D eigenvalue weighted by molar-refractivity contribution is -0.116. The van der Waals surface area contributed by atoms with Crippen molar-refractivity contribution in [3.8, 4) is 5.75 Å². The molecule has 0 N–H and O–H groups in total. The van der Waals surface area contributed by atoms with E-state index in [0.29, 0.717) is 40.0 Å². The van der Waals surface area contributed by atoms with Crippen LogP contribution in [0.1, 0.15) is 19.4 Å². The largest absolute Gasteiger partial charge is 0.462 e. The Kier molecular flexibility index (Phi) is 8.14. The van der Waals surface area contributed by atoms with E-state index in [0.717, 1.165) is 28.2 Å². The molecule has 0 aromatic heterocycles. The van der Waals surface area contributed by atoms with Gasteiger partial charge >= 0.3 is 0 Å². The second kappa shape index (κ2) is 13.2. The number of allylic oxidation sites excluding steroid dienone is 7. The van der Waals surface area contributed by atoms with Gasteiger partial charge < -0.3 is 14.4 Å². The first-order valence-corrected chi connectivity index (χ1v) is 16.7. The molecular formula is C44H33N3O4. The van der Waals surface area contributed by atoms with Gasteiger partial charge in [0.05, 0.1) is 11.4 Å². The van der Waals surface area contributed by atoms with Gasteiger partial charge in [-0.2, -0.15) is 0 Å². The van der Waals surface area contributed by atoms with Crippen molar-refractivity contribution >= 4 is 45.8 Å². The number of nitrogens with zero attached hydrogens (tertiary/aromatic N) is 3. The van der Waals surface area contributed by atoms with Crippen LogP contribution in [0.25, 0.3) is 5.57 Å². The second-order valence-electron chi connectivity index (χ2n) is 12.3. The van der Waals surface area contributed by atoms with Crippen LogP contribution in [0.3, 0.4) is 0 Å². The Balaban J connectivity index is 1.16. The number of amides is 2. The van der Waals surface area contributed by atoms with Gasteiger partial charge in [0.2, 0.25) is 0 Å². The summed E-state index contributed by atoms with van der Waals surface area (Å²) in [7, 11) is 0. The minimum absolute atomic E-state index is 0.0504. The van der Waals surface area contributed by atoms with Gasteiger partial charge in [-0.1, -0.05) is 72.8 Å². The summed E-state index contributed by atoms with van der Waals surface area (Å²) in [5.41, 5.74) is 6.69. The molecule has 0 aliphatic carbocycles. The molecule has 3 aliphatic rings. The average Bonchev–Trinajstić information content (AvgIpc) is 3.42. The quantitative estimate of drug-likeness (QED) is 0.133. The Hall–Kier alpha value is -6.86. The van der Waals surface area contributed by atoms with Gasteiger partial charge in [0.15, 0.2) is 0 Å². The van der Waals surface area contributed by atoms with Gasteiger partial charge in [0.1, 0.15) is 28.6 Å². The number of benzene rings is 5. The number of carbonyl (C=O) groups excluding carboxylic acids is 2. The van der Waals surface area contributed by atoms with Gasteiger partial charge in [-0.05, 0) is 104 Å². The molecule has 2 amide bonds. The molecule has 0 saturated carbocycles. The maximum atomic E-state index is 14.1. The average molecular weight is 668 g/mol. The van der Waals surface area contributed by atoms with Crippen molar-refractivity contribution in [2.45, 2.75) is 13.8 Å². The van der Waals surface area contributed by atoms with E-state index in [1.165, 1.54) is 10.0 Å². The van der Waals surface area contributed by atoms with Crippen molar-refractivity contribution in [1.29, 1.82) is 0 Å². The van der Waals surface area contributed by atoms with Crippen molar-refractivity contribution in [3.05, 3.63) is 198 Å². The topological polar surface area (TPSA) is 62.3 Å². The summed E-state index contributed by atoms with van der Waals surface area (Å²) in [4.78, 5) is 30.4. The molecule has 248 valence electrons. The molecule has 51 heavy (non-hydrogen) atoms. The van der Waals surface area contributed by atoms with E-state index in [1.54, 1.807) is 25.2 Å². The summed E-state index contributed by atoms with van der Waals surface area (Å²) in [6.45, 7) is 3.84. The number of rotatable bonds is 6. The van der Waals surface area contributed by atoms with E-state index in [4.69, 9.17) is 9.47 Å². The Labute approximate surface area is 296 Å². The molecule has 3 aliphatic heterocycles. The summed E-state index contributed by atoms with van der Waals surface area (Å²) >= 11 is 0. The maximum absolute atomic E-state index is 14.1. The maximum Gasteiger partial charge on any atom is 0.283 e. The van der Waals surface area contributed by atoms with E-state index in [1.807, 2.05) is 116 Å². The fourth-order valence-corrected chi connectivity index (χ4v) is 6.53. The predicted octanol–water partition coefficient (Wildman–Crippen LogP) is 9.95. The molecule has 0 spiro atoms. The van der Waals surface area contributed by atoms with Gasteiger partial charge in [0, 0.05) is 34.8 Å². The highest BCUT2D eigenvalue weighted by molar-refractivity contribution is 6.36. The number of hydrogen-bond acceptors (Lipinski definition) is 5. The van der Waals surface area contributed by atoms with Crippen LogP contribution in [0.2, 0.25) is 0 Å². The zero-order valence-electron chi connectivity index (χ0n) is 28.1. The highest BCUT2D eigenvalue weighted by atomic mass is 16.5. The van der Waals surface area contributed by atoms with Crippen LogP contribution in [0.4, 0.5) is 28.4 Å². The lowest BCUT2D eigenvalue weighted by Crippen LogP contribution is -2.41. The van der Waals surface area contributed by atoms with Crippen LogP contribution in [-0.2, 0) is 14.3 Å². The third kappa shape index (κ3) is 6.02. The van der Waals surface area contributed by atoms with Crippen molar-refractivity contribution in [2.24, 2.45) is 0 Å². The Morgan fingerprint density at radius 2 is 1.10 bits per heavy atom. The first-order chi connectivity index (χ1) is 24.9. The Bertz CT molecular complexity index is 2210. The van der Waals surface area contributed by atoms with Crippen molar-refractivity contribution in [2.75, 3.05) is 14.9 Å². The lowest BCUT2D eigenvalue weighted by Gasteiger charge is -2.27. The van der Waals surface area contributed by atoms with Crippen LogP contribution in [0.5, 0.6) is 5.75 Å². The smallest absolute Gasteiger partial charge is 0.283 e. The Morgan fingerprint density at radius 3 is 1.65 bits per heavy atom. The zero-order valence-corrected chi connectivity index (χ0v) is 28.1. The third-order valence-corrected chi connectivity index (χ3v) is 8.79. The third-order valence-electron chi connectivity index (χ3n) is 8.79. The monoisotopic (exact) mass is 667 g/mol. The molecular weight excluding hydrogens is 635 g/mol. The minimum atomic E-state index is -0.424. The molecule has 5 aromatic carbocycles. The van der Waals surface area contributed by atoms with E-state index >= 15 is 0 Å².